The molecule has 1 amide bonds. The molecular weight excluding hydrogens is 408 g/mol. The van der Waals surface area contributed by atoms with Gasteiger partial charge in [-0.05, 0) is 44.6 Å². The van der Waals surface area contributed by atoms with Gasteiger partial charge in [-0.1, -0.05) is 37.6 Å². The molecule has 1 aliphatic rings. The third kappa shape index (κ3) is 4.76. The number of nitrogens with one attached hydrogen (secondary N) is 3. The third-order valence-corrected chi connectivity index (χ3v) is 5.82. The normalized spacial score (nSPS) is 16.5. The van der Waals surface area contributed by atoms with Crippen molar-refractivity contribution in [2.75, 3.05) is 18.4 Å². The fourth-order valence-corrected chi connectivity index (χ4v) is 4.30. The van der Waals surface area contributed by atoms with Gasteiger partial charge in [0.1, 0.15) is 17.1 Å². The summed E-state index contributed by atoms with van der Waals surface area (Å²) in [6, 6.07) is 9.81. The van der Waals surface area contributed by atoms with Gasteiger partial charge in [0.15, 0.2) is 5.82 Å². The van der Waals surface area contributed by atoms with E-state index in [2.05, 4.69) is 27.4 Å². The Balaban J connectivity index is 1.53. The Labute approximate surface area is 186 Å². The molecule has 9 heteroatoms. The first-order valence-corrected chi connectivity index (χ1v) is 11.1. The van der Waals surface area contributed by atoms with E-state index in [1.807, 2.05) is 49.1 Å². The molecule has 170 valence electrons. The van der Waals surface area contributed by atoms with Crippen molar-refractivity contribution in [1.29, 1.82) is 0 Å². The maximum atomic E-state index is 12.8. The number of H-pyrrole nitrogens is 2. The van der Waals surface area contributed by atoms with Gasteiger partial charge in [0, 0.05) is 18.5 Å². The van der Waals surface area contributed by atoms with Gasteiger partial charge in [0.2, 0.25) is 0 Å². The van der Waals surface area contributed by atoms with Crippen LogP contribution in [0, 0.1) is 0 Å². The van der Waals surface area contributed by atoms with Crippen molar-refractivity contribution in [3.63, 3.8) is 0 Å². The Morgan fingerprint density at radius 3 is 2.91 bits per heavy atom. The van der Waals surface area contributed by atoms with E-state index in [9.17, 15) is 9.59 Å². The molecule has 0 radical (unpaired) electrons. The molecule has 1 aromatic carbocycles. The number of anilines is 1. The smallest absolute Gasteiger partial charge is 0.410 e. The number of nitrogens with zero attached hydrogens (tertiary/aromatic N) is 3. The molecule has 3 aromatic rings. The summed E-state index contributed by atoms with van der Waals surface area (Å²) in [5.41, 5.74) is -0.289. The zero-order chi connectivity index (χ0) is 22.7. The number of rotatable bonds is 7. The van der Waals surface area contributed by atoms with Crippen molar-refractivity contribution in [3.05, 3.63) is 40.8 Å². The van der Waals surface area contributed by atoms with Crippen molar-refractivity contribution < 1.29 is 9.53 Å². The minimum Gasteiger partial charge on any atom is -0.443 e. The van der Waals surface area contributed by atoms with Gasteiger partial charge in [-0.2, -0.15) is 5.10 Å². The Hall–Kier alpha value is -3.36. The van der Waals surface area contributed by atoms with Crippen molar-refractivity contribution in [2.24, 2.45) is 0 Å². The summed E-state index contributed by atoms with van der Waals surface area (Å²) in [4.78, 5) is 33.5. The number of likely N-dealkylation sites (tertiary alicyclic amines) is 1. The van der Waals surface area contributed by atoms with E-state index in [0.29, 0.717) is 30.4 Å². The highest BCUT2D eigenvalue weighted by molar-refractivity contribution is 5.94. The van der Waals surface area contributed by atoms with Crippen LogP contribution < -0.4 is 11.0 Å². The molecule has 3 heterocycles. The molecule has 1 atom stereocenters. The van der Waals surface area contributed by atoms with Crippen LogP contribution in [0.2, 0.25) is 0 Å². The fraction of sp³-hybridized carbons (Fsp3) is 0.478. The molecule has 0 bridgehead atoms. The Morgan fingerprint density at radius 1 is 1.34 bits per heavy atom. The zero-order valence-electron chi connectivity index (χ0n) is 18.8. The van der Waals surface area contributed by atoms with Gasteiger partial charge >= 0.3 is 11.8 Å². The van der Waals surface area contributed by atoms with E-state index in [1.54, 1.807) is 0 Å². The minimum absolute atomic E-state index is 0.0225. The quantitative estimate of drug-likeness (QED) is 0.515. The van der Waals surface area contributed by atoms with Gasteiger partial charge in [-0.25, -0.2) is 19.7 Å². The molecule has 0 spiro atoms. The summed E-state index contributed by atoms with van der Waals surface area (Å²) in [5.74, 6) is 1.07. The summed E-state index contributed by atoms with van der Waals surface area (Å²) in [6.45, 7) is 7.25. The topological polar surface area (TPSA) is 116 Å². The van der Waals surface area contributed by atoms with Crippen LogP contribution in [0.3, 0.4) is 0 Å². The Morgan fingerprint density at radius 2 is 2.16 bits per heavy atom. The highest BCUT2D eigenvalue weighted by Gasteiger charge is 2.33. The zero-order valence-corrected chi connectivity index (χ0v) is 18.8. The number of aromatic nitrogens is 4. The highest BCUT2D eigenvalue weighted by Crippen LogP contribution is 2.28. The van der Waals surface area contributed by atoms with E-state index in [0.717, 1.165) is 36.5 Å². The van der Waals surface area contributed by atoms with Crippen LogP contribution in [0.15, 0.2) is 35.1 Å². The number of aromatic amines is 2. The van der Waals surface area contributed by atoms with Crippen LogP contribution in [0.1, 0.15) is 46.5 Å². The van der Waals surface area contributed by atoms with Gasteiger partial charge in [0.05, 0.1) is 6.04 Å². The van der Waals surface area contributed by atoms with Crippen molar-refractivity contribution in [3.8, 4) is 11.5 Å². The number of hydrogen-bond acceptors (Lipinski definition) is 6. The molecule has 0 aliphatic carbocycles. The SMILES string of the molecule is CCCC(C)(C)OC(=O)N1CCC[C@H]1CNc1nc(-c2n[nH]c(=O)[nH]2)cc2ccccc12. The van der Waals surface area contributed by atoms with E-state index in [1.165, 1.54) is 0 Å². The molecule has 1 fully saturated rings. The minimum atomic E-state index is -0.473. The molecule has 2 aromatic heterocycles. The molecule has 3 N–H and O–H groups in total. The first-order chi connectivity index (χ1) is 15.4. The summed E-state index contributed by atoms with van der Waals surface area (Å²) in [7, 11) is 0. The number of pyridine rings is 1. The van der Waals surface area contributed by atoms with Crippen molar-refractivity contribution in [2.45, 2.75) is 58.1 Å². The van der Waals surface area contributed by atoms with E-state index < -0.39 is 5.60 Å². The van der Waals surface area contributed by atoms with Crippen LogP contribution >= 0.6 is 0 Å². The lowest BCUT2D eigenvalue weighted by Crippen LogP contribution is -2.43. The number of hydrogen-bond donors (Lipinski definition) is 3. The Kier molecular flexibility index (Phi) is 6.16. The van der Waals surface area contributed by atoms with Crippen LogP contribution in [-0.4, -0.2) is 55.9 Å². The van der Waals surface area contributed by atoms with E-state index >= 15 is 0 Å². The number of carbonyl (C=O) groups is 1. The van der Waals surface area contributed by atoms with Gasteiger partial charge in [-0.3, -0.25) is 4.98 Å². The molecule has 0 saturated carbocycles. The van der Waals surface area contributed by atoms with Crippen molar-refractivity contribution >= 4 is 22.7 Å². The fourth-order valence-electron chi connectivity index (χ4n) is 4.30. The number of benzene rings is 1. The standard InChI is InChI=1S/C23H30N6O3/c1-4-11-23(2,3)32-22(31)29-12-7-9-16(29)14-24-19-17-10-6-5-8-15(17)13-18(25-19)20-26-21(30)28-27-20/h5-6,8,10,13,16H,4,7,9,11-12,14H2,1-3H3,(H,24,25)(H2,26,27,28,30)/t16-/m0/s1. The van der Waals surface area contributed by atoms with Crippen LogP contribution in [0.4, 0.5) is 10.6 Å². The lowest BCUT2D eigenvalue weighted by atomic mass is 10.0. The summed E-state index contributed by atoms with van der Waals surface area (Å²) in [5, 5.41) is 11.8. The Bertz CT molecular complexity index is 1150. The number of fused-ring (bicyclic) bond motifs is 1. The first-order valence-electron chi connectivity index (χ1n) is 11.1. The van der Waals surface area contributed by atoms with E-state index in [-0.39, 0.29) is 17.8 Å². The van der Waals surface area contributed by atoms with Crippen LogP contribution in [-0.2, 0) is 4.74 Å². The van der Waals surface area contributed by atoms with Gasteiger partial charge in [-0.15, -0.1) is 0 Å². The molecule has 4 rings (SSSR count). The second-order valence-corrected chi connectivity index (χ2v) is 8.85. The van der Waals surface area contributed by atoms with Crippen LogP contribution in [0.5, 0.6) is 0 Å². The molecule has 32 heavy (non-hydrogen) atoms. The lowest BCUT2D eigenvalue weighted by Gasteiger charge is -2.31. The molecule has 9 nitrogen and oxygen atoms in total. The van der Waals surface area contributed by atoms with Gasteiger partial charge in [0.25, 0.3) is 0 Å². The maximum absolute atomic E-state index is 12.8. The molecule has 1 saturated heterocycles. The third-order valence-electron chi connectivity index (χ3n) is 5.82. The number of amides is 1. The summed E-state index contributed by atoms with van der Waals surface area (Å²) >= 11 is 0. The number of carbonyl (C=O) groups excluding carboxylic acids is 1. The van der Waals surface area contributed by atoms with Crippen molar-refractivity contribution in [1.82, 2.24) is 25.1 Å². The number of ether oxygens (including phenoxy) is 1. The second kappa shape index (κ2) is 9.02. The maximum Gasteiger partial charge on any atom is 0.410 e. The van der Waals surface area contributed by atoms with Gasteiger partial charge < -0.3 is 15.0 Å². The molecule has 0 unspecified atom stereocenters. The van der Waals surface area contributed by atoms with E-state index in [4.69, 9.17) is 9.72 Å². The molecule has 1 aliphatic heterocycles. The average molecular weight is 439 g/mol. The summed E-state index contributed by atoms with van der Waals surface area (Å²) < 4.78 is 5.79. The van der Waals surface area contributed by atoms with Crippen LogP contribution in [0.25, 0.3) is 22.3 Å². The first kappa shape index (κ1) is 21.9. The summed E-state index contributed by atoms with van der Waals surface area (Å²) in [6.07, 6.45) is 3.38. The largest absolute Gasteiger partial charge is 0.443 e. The predicted molar refractivity (Wildman–Crippen MR) is 124 cm³/mol. The molecular formula is C23H30N6O3. The second-order valence-electron chi connectivity index (χ2n) is 8.85. The monoisotopic (exact) mass is 438 g/mol. The highest BCUT2D eigenvalue weighted by atomic mass is 16.6. The predicted octanol–water partition coefficient (Wildman–Crippen LogP) is 3.90. The average Bonchev–Trinajstić information content (AvgIpc) is 3.40. The lowest BCUT2D eigenvalue weighted by molar-refractivity contribution is 0.00683.